The molecule has 0 aliphatic rings. The minimum Gasteiger partial charge on any atom is -0.351 e. The molecule has 0 radical (unpaired) electrons. The molecule has 6 nitrogen and oxygen atoms in total. The fourth-order valence-electron chi connectivity index (χ4n) is 2.74. The summed E-state index contributed by atoms with van der Waals surface area (Å²) in [7, 11) is 0. The summed E-state index contributed by atoms with van der Waals surface area (Å²) >= 11 is 1.61. The highest BCUT2D eigenvalue weighted by Crippen LogP contribution is 2.22. The molecule has 4 heterocycles. The van der Waals surface area contributed by atoms with Crippen LogP contribution in [0.3, 0.4) is 0 Å². The van der Waals surface area contributed by atoms with Crippen LogP contribution in [0, 0.1) is 0 Å². The van der Waals surface area contributed by atoms with E-state index in [1.807, 2.05) is 35.8 Å². The SMILES string of the molecule is O=C(NCCCn1ccc2cccnc21)c1cc(-c2cccs2)[nH]n1. The molecule has 0 unspecified atom stereocenters. The van der Waals surface area contributed by atoms with Crippen molar-refractivity contribution in [2.45, 2.75) is 13.0 Å². The average molecular weight is 351 g/mol. The van der Waals surface area contributed by atoms with Gasteiger partial charge in [0.1, 0.15) is 5.65 Å². The molecule has 0 atom stereocenters. The standard InChI is InChI=1S/C18H17N5OS/c24-18(15-12-14(21-22-15)16-5-2-11-25-16)20-8-3-9-23-10-6-13-4-1-7-19-17(13)23/h1-2,4-7,10-12H,3,8-9H2,(H,20,24)(H,21,22). The van der Waals surface area contributed by atoms with Crippen molar-refractivity contribution in [3.05, 3.63) is 59.9 Å². The highest BCUT2D eigenvalue weighted by molar-refractivity contribution is 7.13. The predicted molar refractivity (Wildman–Crippen MR) is 98.6 cm³/mol. The number of carbonyl (C=O) groups is 1. The first-order valence-corrected chi connectivity index (χ1v) is 8.96. The van der Waals surface area contributed by atoms with Gasteiger partial charge in [0.2, 0.25) is 0 Å². The molecule has 7 heteroatoms. The Morgan fingerprint density at radius 1 is 1.28 bits per heavy atom. The van der Waals surface area contributed by atoms with Gasteiger partial charge in [-0.3, -0.25) is 9.89 Å². The smallest absolute Gasteiger partial charge is 0.271 e. The Morgan fingerprint density at radius 2 is 2.24 bits per heavy atom. The highest BCUT2D eigenvalue weighted by Gasteiger charge is 2.11. The van der Waals surface area contributed by atoms with E-state index >= 15 is 0 Å². The van der Waals surface area contributed by atoms with Crippen LogP contribution >= 0.6 is 11.3 Å². The van der Waals surface area contributed by atoms with Crippen LogP contribution in [0.15, 0.2) is 54.2 Å². The Morgan fingerprint density at radius 3 is 3.12 bits per heavy atom. The molecule has 4 rings (SSSR count). The summed E-state index contributed by atoms with van der Waals surface area (Å²) in [5.74, 6) is -0.158. The van der Waals surface area contributed by atoms with Crippen LogP contribution in [0.1, 0.15) is 16.9 Å². The minimum absolute atomic E-state index is 0.158. The molecule has 4 aromatic rings. The summed E-state index contributed by atoms with van der Waals surface area (Å²) in [5.41, 5.74) is 2.25. The molecule has 1 amide bonds. The number of hydrogen-bond acceptors (Lipinski definition) is 4. The Hall–Kier alpha value is -2.93. The number of H-pyrrole nitrogens is 1. The van der Waals surface area contributed by atoms with Gasteiger partial charge in [-0.1, -0.05) is 6.07 Å². The fraction of sp³-hybridized carbons (Fsp3) is 0.167. The van der Waals surface area contributed by atoms with Crippen LogP contribution in [0.4, 0.5) is 0 Å². The molecule has 0 saturated heterocycles. The summed E-state index contributed by atoms with van der Waals surface area (Å²) in [5, 5.41) is 13.0. The normalized spacial score (nSPS) is 11.0. The van der Waals surface area contributed by atoms with Gasteiger partial charge in [0.05, 0.1) is 10.6 Å². The maximum Gasteiger partial charge on any atom is 0.271 e. The number of nitrogens with zero attached hydrogens (tertiary/aromatic N) is 3. The Kier molecular flexibility index (Phi) is 4.30. The van der Waals surface area contributed by atoms with E-state index in [1.54, 1.807) is 23.6 Å². The van der Waals surface area contributed by atoms with Crippen molar-refractivity contribution in [3.8, 4) is 10.6 Å². The van der Waals surface area contributed by atoms with Crippen LogP contribution < -0.4 is 5.32 Å². The quantitative estimate of drug-likeness (QED) is 0.523. The number of amides is 1. The van der Waals surface area contributed by atoms with Gasteiger partial charge in [0.15, 0.2) is 5.69 Å². The molecule has 0 bridgehead atoms. The lowest BCUT2D eigenvalue weighted by atomic mass is 10.3. The molecule has 2 N–H and O–H groups in total. The Bertz CT molecular complexity index is 986. The van der Waals surface area contributed by atoms with Gasteiger partial charge < -0.3 is 9.88 Å². The average Bonchev–Trinajstić information content (AvgIpc) is 3.38. The summed E-state index contributed by atoms with van der Waals surface area (Å²) in [6.45, 7) is 1.40. The van der Waals surface area contributed by atoms with Gasteiger partial charge in [0, 0.05) is 30.9 Å². The predicted octanol–water partition coefficient (Wildman–Crippen LogP) is 3.31. The van der Waals surface area contributed by atoms with Crippen LogP contribution in [0.2, 0.25) is 0 Å². The summed E-state index contributed by atoms with van der Waals surface area (Å²) in [6, 6.07) is 11.8. The van der Waals surface area contributed by atoms with E-state index in [2.05, 4.69) is 31.1 Å². The highest BCUT2D eigenvalue weighted by atomic mass is 32.1. The lowest BCUT2D eigenvalue weighted by Gasteiger charge is -2.05. The largest absolute Gasteiger partial charge is 0.351 e. The molecular weight excluding hydrogens is 334 g/mol. The van der Waals surface area contributed by atoms with Crippen LogP contribution in [-0.2, 0) is 6.54 Å². The first-order valence-electron chi connectivity index (χ1n) is 8.08. The first kappa shape index (κ1) is 15.6. The van der Waals surface area contributed by atoms with Gasteiger partial charge in [-0.25, -0.2) is 4.98 Å². The zero-order chi connectivity index (χ0) is 17.1. The van der Waals surface area contributed by atoms with E-state index in [0.29, 0.717) is 12.2 Å². The number of aromatic amines is 1. The lowest BCUT2D eigenvalue weighted by Crippen LogP contribution is -2.25. The molecule has 126 valence electrons. The molecule has 25 heavy (non-hydrogen) atoms. The van der Waals surface area contributed by atoms with Crippen LogP contribution in [0.25, 0.3) is 21.6 Å². The summed E-state index contributed by atoms with van der Waals surface area (Å²) < 4.78 is 2.10. The zero-order valence-corrected chi connectivity index (χ0v) is 14.3. The number of nitrogens with one attached hydrogen (secondary N) is 2. The van der Waals surface area contributed by atoms with Gasteiger partial charge in [-0.15, -0.1) is 11.3 Å². The van der Waals surface area contributed by atoms with Gasteiger partial charge >= 0.3 is 0 Å². The third kappa shape index (κ3) is 3.32. The maximum atomic E-state index is 12.2. The number of fused-ring (bicyclic) bond motifs is 1. The van der Waals surface area contributed by atoms with E-state index in [1.165, 1.54) is 0 Å². The molecule has 0 aliphatic carbocycles. The van der Waals surface area contributed by atoms with Crippen LogP contribution in [0.5, 0.6) is 0 Å². The van der Waals surface area contributed by atoms with Crippen molar-refractivity contribution in [1.82, 2.24) is 25.1 Å². The second-order valence-electron chi connectivity index (χ2n) is 5.68. The number of thiophene rings is 1. The van der Waals surface area contributed by atoms with Crippen molar-refractivity contribution in [2.24, 2.45) is 0 Å². The summed E-state index contributed by atoms with van der Waals surface area (Å²) in [6.07, 6.45) is 4.65. The molecule has 0 aromatic carbocycles. The van der Waals surface area contributed by atoms with E-state index < -0.39 is 0 Å². The molecular formula is C18H17N5OS. The fourth-order valence-corrected chi connectivity index (χ4v) is 3.43. The topological polar surface area (TPSA) is 75.6 Å². The van der Waals surface area contributed by atoms with Gasteiger partial charge in [0.25, 0.3) is 5.91 Å². The lowest BCUT2D eigenvalue weighted by molar-refractivity contribution is 0.0948. The monoisotopic (exact) mass is 351 g/mol. The number of pyridine rings is 1. The molecule has 0 saturated carbocycles. The second-order valence-corrected chi connectivity index (χ2v) is 6.63. The first-order chi connectivity index (χ1) is 12.3. The maximum absolute atomic E-state index is 12.2. The number of carbonyl (C=O) groups excluding carboxylic acids is 1. The van der Waals surface area contributed by atoms with Crippen molar-refractivity contribution in [1.29, 1.82) is 0 Å². The Balaban J connectivity index is 1.30. The van der Waals surface area contributed by atoms with E-state index in [4.69, 9.17) is 0 Å². The van der Waals surface area contributed by atoms with Crippen molar-refractivity contribution < 1.29 is 4.79 Å². The number of rotatable bonds is 6. The van der Waals surface area contributed by atoms with Crippen molar-refractivity contribution in [2.75, 3.05) is 6.54 Å². The van der Waals surface area contributed by atoms with Crippen LogP contribution in [-0.4, -0.2) is 32.2 Å². The number of aromatic nitrogens is 4. The van der Waals surface area contributed by atoms with E-state index in [-0.39, 0.29) is 5.91 Å². The Labute approximate surface area is 148 Å². The molecule has 0 fully saturated rings. The third-order valence-electron chi connectivity index (χ3n) is 3.98. The molecule has 0 spiro atoms. The summed E-state index contributed by atoms with van der Waals surface area (Å²) in [4.78, 5) is 17.7. The third-order valence-corrected chi connectivity index (χ3v) is 4.88. The molecule has 4 aromatic heterocycles. The van der Waals surface area contributed by atoms with Crippen molar-refractivity contribution in [3.63, 3.8) is 0 Å². The van der Waals surface area contributed by atoms with E-state index in [0.717, 1.165) is 34.6 Å². The molecule has 0 aliphatic heterocycles. The zero-order valence-electron chi connectivity index (χ0n) is 13.5. The van der Waals surface area contributed by atoms with Gasteiger partial charge in [-0.2, -0.15) is 5.10 Å². The number of hydrogen-bond donors (Lipinski definition) is 2. The van der Waals surface area contributed by atoms with E-state index in [9.17, 15) is 4.79 Å². The minimum atomic E-state index is -0.158. The number of aryl methyl sites for hydroxylation is 1. The van der Waals surface area contributed by atoms with Gasteiger partial charge in [-0.05, 0) is 42.1 Å². The second kappa shape index (κ2) is 6.90. The van der Waals surface area contributed by atoms with Crippen molar-refractivity contribution >= 4 is 28.3 Å².